The Hall–Kier alpha value is -2.02. The monoisotopic (exact) mass is 322 g/mol. The molecule has 1 aromatic heterocycles. The molecule has 0 bridgehead atoms. The molecule has 0 spiro atoms. The van der Waals surface area contributed by atoms with Crippen molar-refractivity contribution in [2.75, 3.05) is 24.6 Å². The molecule has 1 saturated heterocycles. The molecule has 22 heavy (non-hydrogen) atoms. The summed E-state index contributed by atoms with van der Waals surface area (Å²) in [6.07, 6.45) is 0. The van der Waals surface area contributed by atoms with E-state index >= 15 is 0 Å². The Labute approximate surface area is 129 Å². The molecule has 1 aliphatic rings. The number of rotatable bonds is 2. The first-order valence-electron chi connectivity index (χ1n) is 7.16. The van der Waals surface area contributed by atoms with Crippen LogP contribution < -0.4 is 5.32 Å². The van der Waals surface area contributed by atoms with Gasteiger partial charge in [0.05, 0.1) is 11.5 Å². The van der Waals surface area contributed by atoms with E-state index in [9.17, 15) is 13.2 Å². The van der Waals surface area contributed by atoms with Crippen molar-refractivity contribution in [2.45, 2.75) is 13.5 Å². The fourth-order valence-corrected chi connectivity index (χ4v) is 3.83. The smallest absolute Gasteiger partial charge is 0.317 e. The van der Waals surface area contributed by atoms with Crippen molar-refractivity contribution >= 4 is 26.8 Å². The summed E-state index contributed by atoms with van der Waals surface area (Å²) in [5.74, 6) is 0.852. The number of urea groups is 1. The van der Waals surface area contributed by atoms with Gasteiger partial charge in [-0.15, -0.1) is 0 Å². The molecule has 1 fully saturated rings. The Bertz CT molecular complexity index is 796. The Kier molecular flexibility index (Phi) is 3.82. The van der Waals surface area contributed by atoms with E-state index in [-0.39, 0.29) is 30.6 Å². The molecule has 1 aliphatic heterocycles. The molecule has 6 nitrogen and oxygen atoms in total. The minimum Gasteiger partial charge on any atom is -0.461 e. The molecule has 2 heterocycles. The van der Waals surface area contributed by atoms with Gasteiger partial charge in [-0.25, -0.2) is 13.2 Å². The molecular formula is C15H18N2O4S. The zero-order valence-corrected chi connectivity index (χ0v) is 13.1. The van der Waals surface area contributed by atoms with Crippen LogP contribution in [0.5, 0.6) is 0 Å². The van der Waals surface area contributed by atoms with Gasteiger partial charge >= 0.3 is 6.03 Å². The first kappa shape index (κ1) is 14.9. The van der Waals surface area contributed by atoms with Crippen LogP contribution in [-0.4, -0.2) is 43.9 Å². The van der Waals surface area contributed by atoms with Gasteiger partial charge in [-0.1, -0.05) is 18.2 Å². The highest BCUT2D eigenvalue weighted by atomic mass is 32.2. The second-order valence-electron chi connectivity index (χ2n) is 5.43. The summed E-state index contributed by atoms with van der Waals surface area (Å²) in [5.41, 5.74) is 1.75. The number of furan rings is 1. The lowest BCUT2D eigenvalue weighted by Crippen LogP contribution is -2.48. The van der Waals surface area contributed by atoms with Gasteiger partial charge in [0.15, 0.2) is 9.84 Å². The maximum absolute atomic E-state index is 12.1. The zero-order valence-electron chi connectivity index (χ0n) is 12.3. The topological polar surface area (TPSA) is 79.6 Å². The van der Waals surface area contributed by atoms with E-state index < -0.39 is 9.84 Å². The van der Waals surface area contributed by atoms with E-state index in [1.165, 1.54) is 0 Å². The van der Waals surface area contributed by atoms with Crippen molar-refractivity contribution in [2.24, 2.45) is 0 Å². The van der Waals surface area contributed by atoms with Gasteiger partial charge in [-0.3, -0.25) is 0 Å². The van der Waals surface area contributed by atoms with Crippen molar-refractivity contribution in [1.29, 1.82) is 0 Å². The number of sulfone groups is 1. The molecule has 7 heteroatoms. The van der Waals surface area contributed by atoms with Crippen LogP contribution in [0.2, 0.25) is 0 Å². The van der Waals surface area contributed by atoms with Gasteiger partial charge in [0.25, 0.3) is 0 Å². The van der Waals surface area contributed by atoms with Gasteiger partial charge in [0, 0.05) is 30.6 Å². The van der Waals surface area contributed by atoms with Crippen LogP contribution in [0.4, 0.5) is 4.79 Å². The molecular weight excluding hydrogens is 304 g/mol. The number of carbonyl (C=O) groups is 1. The van der Waals surface area contributed by atoms with Crippen molar-refractivity contribution in [3.63, 3.8) is 0 Å². The van der Waals surface area contributed by atoms with Crippen molar-refractivity contribution < 1.29 is 17.6 Å². The summed E-state index contributed by atoms with van der Waals surface area (Å²) >= 11 is 0. The number of para-hydroxylation sites is 1. The molecule has 1 aromatic carbocycles. The lowest BCUT2D eigenvalue weighted by molar-refractivity contribution is 0.202. The Balaban J connectivity index is 1.67. The van der Waals surface area contributed by atoms with Gasteiger partial charge in [-0.05, 0) is 13.0 Å². The second-order valence-corrected chi connectivity index (χ2v) is 7.73. The summed E-state index contributed by atoms with van der Waals surface area (Å²) in [4.78, 5) is 13.7. The molecule has 2 aromatic rings. The quantitative estimate of drug-likeness (QED) is 0.912. The number of fused-ring (bicyclic) bond motifs is 1. The predicted octanol–water partition coefficient (Wildman–Crippen LogP) is 1.68. The van der Waals surface area contributed by atoms with Crippen LogP contribution in [0, 0.1) is 6.92 Å². The number of nitrogens with zero attached hydrogens (tertiary/aromatic N) is 1. The van der Waals surface area contributed by atoms with E-state index in [0.717, 1.165) is 22.3 Å². The zero-order chi connectivity index (χ0) is 15.7. The van der Waals surface area contributed by atoms with E-state index in [2.05, 4.69) is 5.32 Å². The van der Waals surface area contributed by atoms with Crippen molar-refractivity contribution in [1.82, 2.24) is 10.2 Å². The highest BCUT2D eigenvalue weighted by Crippen LogP contribution is 2.24. The Morgan fingerprint density at radius 2 is 1.95 bits per heavy atom. The number of hydrogen-bond donors (Lipinski definition) is 1. The van der Waals surface area contributed by atoms with E-state index in [1.807, 2.05) is 31.2 Å². The van der Waals surface area contributed by atoms with E-state index in [4.69, 9.17) is 4.42 Å². The second kappa shape index (κ2) is 5.64. The number of hydrogen-bond acceptors (Lipinski definition) is 4. The lowest BCUT2D eigenvalue weighted by Gasteiger charge is -2.26. The maximum atomic E-state index is 12.1. The van der Waals surface area contributed by atoms with Crippen LogP contribution in [0.3, 0.4) is 0 Å². The van der Waals surface area contributed by atoms with E-state index in [1.54, 1.807) is 4.90 Å². The number of benzene rings is 1. The van der Waals surface area contributed by atoms with Gasteiger partial charge in [0.2, 0.25) is 0 Å². The summed E-state index contributed by atoms with van der Waals surface area (Å²) in [5, 5.41) is 3.83. The summed E-state index contributed by atoms with van der Waals surface area (Å²) < 4.78 is 28.4. The predicted molar refractivity (Wildman–Crippen MR) is 83.4 cm³/mol. The number of nitrogens with one attached hydrogen (secondary N) is 1. The third-order valence-corrected chi connectivity index (χ3v) is 5.56. The van der Waals surface area contributed by atoms with Gasteiger partial charge in [0.1, 0.15) is 11.3 Å². The Morgan fingerprint density at radius 3 is 2.68 bits per heavy atom. The first-order valence-corrected chi connectivity index (χ1v) is 8.98. The fraction of sp³-hybridized carbons (Fsp3) is 0.400. The molecule has 0 saturated carbocycles. The van der Waals surface area contributed by atoms with Crippen LogP contribution in [0.25, 0.3) is 11.0 Å². The number of amides is 2. The minimum atomic E-state index is -2.98. The average molecular weight is 322 g/mol. The normalized spacial score (nSPS) is 17.6. The highest BCUT2D eigenvalue weighted by molar-refractivity contribution is 7.91. The largest absolute Gasteiger partial charge is 0.461 e. The summed E-state index contributed by atoms with van der Waals surface area (Å²) in [6.45, 7) is 2.73. The number of aryl methyl sites for hydroxylation is 1. The lowest BCUT2D eigenvalue weighted by atomic mass is 10.1. The third-order valence-electron chi connectivity index (χ3n) is 3.95. The number of carbonyl (C=O) groups excluding carboxylic acids is 1. The van der Waals surface area contributed by atoms with Crippen LogP contribution in [-0.2, 0) is 16.4 Å². The summed E-state index contributed by atoms with van der Waals surface area (Å²) in [7, 11) is -2.98. The highest BCUT2D eigenvalue weighted by Gasteiger charge is 2.25. The minimum absolute atomic E-state index is 0.0358. The fourth-order valence-electron chi connectivity index (χ4n) is 2.63. The van der Waals surface area contributed by atoms with Crippen molar-refractivity contribution in [3.8, 4) is 0 Å². The molecule has 1 N–H and O–H groups in total. The van der Waals surface area contributed by atoms with Gasteiger partial charge < -0.3 is 14.6 Å². The van der Waals surface area contributed by atoms with Crippen LogP contribution >= 0.6 is 0 Å². The standard InChI is InChI=1S/C15H18N2O4S/c1-11-13(12-4-2-3-5-14(12)21-11)10-16-15(18)17-6-8-22(19,20)9-7-17/h2-5H,6-10H2,1H3,(H,16,18). The molecule has 118 valence electrons. The van der Waals surface area contributed by atoms with E-state index in [0.29, 0.717) is 6.54 Å². The average Bonchev–Trinajstić information content (AvgIpc) is 2.80. The molecule has 0 atom stereocenters. The van der Waals surface area contributed by atoms with Crippen molar-refractivity contribution in [3.05, 3.63) is 35.6 Å². The van der Waals surface area contributed by atoms with Crippen LogP contribution in [0.15, 0.2) is 28.7 Å². The molecule has 0 aliphatic carbocycles. The maximum Gasteiger partial charge on any atom is 0.317 e. The van der Waals surface area contributed by atoms with Crippen LogP contribution in [0.1, 0.15) is 11.3 Å². The molecule has 3 rings (SSSR count). The summed E-state index contributed by atoms with van der Waals surface area (Å²) in [6, 6.07) is 7.45. The molecule has 2 amide bonds. The molecule has 0 unspecified atom stereocenters. The SMILES string of the molecule is Cc1oc2ccccc2c1CNC(=O)N1CCS(=O)(=O)CC1. The first-order chi connectivity index (χ1) is 10.5. The third kappa shape index (κ3) is 2.94. The van der Waals surface area contributed by atoms with Gasteiger partial charge in [-0.2, -0.15) is 0 Å². The molecule has 0 radical (unpaired) electrons. The Morgan fingerprint density at radius 1 is 1.27 bits per heavy atom.